The summed E-state index contributed by atoms with van der Waals surface area (Å²) in [4.78, 5) is 4.36. The summed E-state index contributed by atoms with van der Waals surface area (Å²) in [5, 5.41) is 0. The molecule has 0 spiro atoms. The molecule has 0 saturated heterocycles. The molecule has 0 radical (unpaired) electrons. The maximum absolute atomic E-state index is 6.10. The zero-order valence-electron chi connectivity index (χ0n) is 7.49. The molecule has 0 N–H and O–H groups in total. The Morgan fingerprint density at radius 3 is 2.36 bits per heavy atom. The molecule has 1 atom stereocenters. The van der Waals surface area contributed by atoms with Crippen molar-refractivity contribution < 1.29 is 0 Å². The quantitative estimate of drug-likeness (QED) is 0.528. The second-order valence-electron chi connectivity index (χ2n) is 2.87. The summed E-state index contributed by atoms with van der Waals surface area (Å²) in [6, 6.07) is 0.317. The summed E-state index contributed by atoms with van der Waals surface area (Å²) in [6.45, 7) is 8.06. The van der Waals surface area contributed by atoms with Crippen LogP contribution in [0.4, 0.5) is 0 Å². The number of rotatable bonds is 3. The van der Waals surface area contributed by atoms with Crippen LogP contribution in [-0.4, -0.2) is 15.5 Å². The Kier molecular flexibility index (Phi) is 4.64. The Hall–Kier alpha value is 0.440. The van der Waals surface area contributed by atoms with Crippen LogP contribution in [0, 0.1) is 0 Å². The zero-order valence-corrected chi connectivity index (χ0v) is 9.83. The van der Waals surface area contributed by atoms with E-state index in [0.29, 0.717) is 6.04 Å². The van der Waals surface area contributed by atoms with Gasteiger partial charge >= 0.3 is 0 Å². The number of nitrogens with zero attached hydrogens (tertiary/aromatic N) is 1. The van der Waals surface area contributed by atoms with Gasteiger partial charge in [0.1, 0.15) is 3.78 Å². The molecule has 0 fully saturated rings. The highest BCUT2D eigenvalue weighted by Gasteiger charge is 2.24. The first-order valence-corrected chi connectivity index (χ1v) is 5.00. The van der Waals surface area contributed by atoms with Crippen LogP contribution in [-0.2, 0) is 0 Å². The van der Waals surface area contributed by atoms with E-state index in [1.807, 2.05) is 27.7 Å². The molecule has 1 nitrogen and oxygen atoms in total. The molecule has 0 aromatic heterocycles. The lowest BCUT2D eigenvalue weighted by Crippen LogP contribution is -2.22. The van der Waals surface area contributed by atoms with E-state index in [2.05, 4.69) is 20.9 Å². The van der Waals surface area contributed by atoms with Gasteiger partial charge in [-0.15, -0.1) is 11.6 Å². The lowest BCUT2D eigenvalue weighted by atomic mass is 10.2. The fourth-order valence-corrected chi connectivity index (χ4v) is 0.889. The van der Waals surface area contributed by atoms with Crippen LogP contribution in [0.25, 0.3) is 0 Å². The Bertz CT molecular complexity index is 152. The number of hydrogen-bond acceptors (Lipinski definition) is 1. The zero-order chi connectivity index (χ0) is 9.07. The molecule has 3 heteroatoms. The summed E-state index contributed by atoms with van der Waals surface area (Å²) in [7, 11) is 0. The van der Waals surface area contributed by atoms with Crippen molar-refractivity contribution in [3.8, 4) is 0 Å². The van der Waals surface area contributed by atoms with Crippen molar-refractivity contribution in [1.29, 1.82) is 0 Å². The van der Waals surface area contributed by atoms with Gasteiger partial charge in [0.15, 0.2) is 0 Å². The number of aliphatic imine (C=N–C) groups is 1. The Balaban J connectivity index is 4.33. The smallest absolute Gasteiger partial charge is 0.136 e. The molecule has 0 aliphatic carbocycles. The monoisotopic (exact) mass is 239 g/mol. The Morgan fingerprint density at radius 1 is 1.64 bits per heavy atom. The molecule has 0 aromatic rings. The van der Waals surface area contributed by atoms with Gasteiger partial charge in [-0.3, -0.25) is 4.99 Å². The average Bonchev–Trinajstić information content (AvgIpc) is 1.86. The molecule has 66 valence electrons. The molecular weight excluding hydrogens is 225 g/mol. The minimum Gasteiger partial charge on any atom is -0.289 e. The molecular formula is C8H15BrClN. The van der Waals surface area contributed by atoms with Crippen molar-refractivity contribution in [2.45, 2.75) is 43.9 Å². The molecule has 0 saturated carbocycles. The lowest BCUT2D eigenvalue weighted by Gasteiger charge is -2.18. The van der Waals surface area contributed by atoms with E-state index in [9.17, 15) is 0 Å². The third-order valence-corrected chi connectivity index (χ3v) is 3.10. The van der Waals surface area contributed by atoms with Crippen LogP contribution in [0.15, 0.2) is 4.99 Å². The number of halogens is 2. The highest BCUT2D eigenvalue weighted by Crippen LogP contribution is 2.29. The molecule has 0 aromatic carbocycles. The van der Waals surface area contributed by atoms with E-state index >= 15 is 0 Å². The van der Waals surface area contributed by atoms with Gasteiger partial charge in [0.25, 0.3) is 0 Å². The molecule has 0 aliphatic heterocycles. The maximum atomic E-state index is 6.10. The summed E-state index contributed by atoms with van der Waals surface area (Å²) in [5.74, 6) is 0. The van der Waals surface area contributed by atoms with Gasteiger partial charge in [-0.1, -0.05) is 22.9 Å². The van der Waals surface area contributed by atoms with Crippen LogP contribution in [0.1, 0.15) is 34.1 Å². The first-order chi connectivity index (χ1) is 4.90. The van der Waals surface area contributed by atoms with Gasteiger partial charge in [0.05, 0.1) is 0 Å². The van der Waals surface area contributed by atoms with Crippen LogP contribution in [0.3, 0.4) is 0 Å². The van der Waals surface area contributed by atoms with Gasteiger partial charge in [-0.05, 0) is 27.2 Å². The van der Waals surface area contributed by atoms with Crippen LogP contribution in [0.5, 0.6) is 0 Å². The van der Waals surface area contributed by atoms with E-state index < -0.39 is 3.78 Å². The van der Waals surface area contributed by atoms with E-state index in [4.69, 9.17) is 11.6 Å². The SMILES string of the molecule is CCC(Cl)(Br)C(C)=NC(C)C. The molecule has 0 aliphatic rings. The predicted molar refractivity (Wildman–Crippen MR) is 56.0 cm³/mol. The minimum absolute atomic E-state index is 0.317. The molecule has 0 rings (SSSR count). The predicted octanol–water partition coefficient (Wildman–Crippen LogP) is 3.60. The van der Waals surface area contributed by atoms with E-state index in [0.717, 1.165) is 12.1 Å². The van der Waals surface area contributed by atoms with Crippen molar-refractivity contribution in [1.82, 2.24) is 0 Å². The van der Waals surface area contributed by atoms with Gasteiger partial charge in [0, 0.05) is 11.8 Å². The average molecular weight is 241 g/mol. The summed E-state index contributed by atoms with van der Waals surface area (Å²) < 4.78 is -0.433. The Morgan fingerprint density at radius 2 is 2.09 bits per heavy atom. The largest absolute Gasteiger partial charge is 0.289 e. The van der Waals surface area contributed by atoms with Gasteiger partial charge in [0.2, 0.25) is 0 Å². The summed E-state index contributed by atoms with van der Waals surface area (Å²) in [6.07, 6.45) is 0.844. The minimum atomic E-state index is -0.433. The second kappa shape index (κ2) is 4.46. The molecule has 1 unspecified atom stereocenters. The van der Waals surface area contributed by atoms with Crippen molar-refractivity contribution in [2.75, 3.05) is 0 Å². The van der Waals surface area contributed by atoms with Gasteiger partial charge in [-0.2, -0.15) is 0 Å². The van der Waals surface area contributed by atoms with Crippen molar-refractivity contribution in [2.24, 2.45) is 4.99 Å². The van der Waals surface area contributed by atoms with Gasteiger partial charge < -0.3 is 0 Å². The fraction of sp³-hybridized carbons (Fsp3) is 0.875. The summed E-state index contributed by atoms with van der Waals surface area (Å²) in [5.41, 5.74) is 0.955. The fourth-order valence-electron chi connectivity index (χ4n) is 0.738. The van der Waals surface area contributed by atoms with Crippen molar-refractivity contribution in [3.63, 3.8) is 0 Å². The third kappa shape index (κ3) is 4.12. The summed E-state index contributed by atoms with van der Waals surface area (Å²) >= 11 is 9.51. The highest BCUT2D eigenvalue weighted by molar-refractivity contribution is 9.10. The Labute approximate surface area is 82.4 Å². The molecule has 11 heavy (non-hydrogen) atoms. The van der Waals surface area contributed by atoms with Crippen LogP contribution in [0.2, 0.25) is 0 Å². The molecule has 0 heterocycles. The highest BCUT2D eigenvalue weighted by atomic mass is 79.9. The van der Waals surface area contributed by atoms with Gasteiger partial charge in [-0.25, -0.2) is 0 Å². The van der Waals surface area contributed by atoms with Crippen LogP contribution < -0.4 is 0 Å². The first kappa shape index (κ1) is 11.4. The topological polar surface area (TPSA) is 12.4 Å². The van der Waals surface area contributed by atoms with E-state index in [1.165, 1.54) is 0 Å². The normalized spacial score (nSPS) is 18.6. The second-order valence-corrected chi connectivity index (χ2v) is 5.32. The lowest BCUT2D eigenvalue weighted by molar-refractivity contribution is 0.818. The standard InChI is InChI=1S/C8H15BrClN/c1-5-8(9,10)7(4)11-6(2)3/h6H,5H2,1-4H3. The third-order valence-electron chi connectivity index (χ3n) is 1.43. The maximum Gasteiger partial charge on any atom is 0.136 e. The number of hydrogen-bond donors (Lipinski definition) is 0. The van der Waals surface area contributed by atoms with E-state index in [1.54, 1.807) is 0 Å². The first-order valence-electron chi connectivity index (χ1n) is 3.83. The van der Waals surface area contributed by atoms with E-state index in [-0.39, 0.29) is 0 Å². The number of alkyl halides is 2. The van der Waals surface area contributed by atoms with Crippen molar-refractivity contribution >= 4 is 33.2 Å². The van der Waals surface area contributed by atoms with Crippen LogP contribution >= 0.6 is 27.5 Å². The molecule has 0 amide bonds. The van der Waals surface area contributed by atoms with Crippen molar-refractivity contribution in [3.05, 3.63) is 0 Å². The molecule has 0 bridgehead atoms.